The Hall–Kier alpha value is -1.70. The molecule has 0 unspecified atom stereocenters. The number of carboxylic acids is 1. The Balaban J connectivity index is 2.37. The van der Waals surface area contributed by atoms with Crippen molar-refractivity contribution in [2.75, 3.05) is 0 Å². The third kappa shape index (κ3) is 2.95. The van der Waals surface area contributed by atoms with E-state index in [9.17, 15) is 9.18 Å². The standard InChI is InChI=1S/C12H7FINO3/c13-7-4-10(12(16)17)11(15-6-7)18-9-3-1-2-8(14)5-9/h1-6H,(H,16,17). The molecule has 6 heteroatoms. The molecule has 0 aliphatic carbocycles. The van der Waals surface area contributed by atoms with Crippen molar-refractivity contribution in [2.24, 2.45) is 0 Å². The highest BCUT2D eigenvalue weighted by Crippen LogP contribution is 2.24. The van der Waals surface area contributed by atoms with Crippen molar-refractivity contribution >= 4 is 28.6 Å². The van der Waals surface area contributed by atoms with Gasteiger partial charge in [0.05, 0.1) is 6.20 Å². The number of nitrogens with zero attached hydrogens (tertiary/aromatic N) is 1. The number of hydrogen-bond donors (Lipinski definition) is 1. The van der Waals surface area contributed by atoms with Gasteiger partial charge in [-0.25, -0.2) is 14.2 Å². The Bertz CT molecular complexity index is 604. The molecule has 4 nitrogen and oxygen atoms in total. The van der Waals surface area contributed by atoms with Gasteiger partial charge >= 0.3 is 5.97 Å². The predicted molar refractivity (Wildman–Crippen MR) is 70.4 cm³/mol. The SMILES string of the molecule is O=C(O)c1cc(F)cnc1Oc1cccc(I)c1. The van der Waals surface area contributed by atoms with Crippen molar-refractivity contribution in [3.8, 4) is 11.6 Å². The molecule has 0 atom stereocenters. The van der Waals surface area contributed by atoms with Gasteiger partial charge in [-0.15, -0.1) is 0 Å². The summed E-state index contributed by atoms with van der Waals surface area (Å²) in [4.78, 5) is 14.6. The minimum absolute atomic E-state index is 0.133. The lowest BCUT2D eigenvalue weighted by Gasteiger charge is -2.07. The van der Waals surface area contributed by atoms with Crippen molar-refractivity contribution < 1.29 is 19.0 Å². The molecule has 0 saturated heterocycles. The summed E-state index contributed by atoms with van der Waals surface area (Å²) in [5.74, 6) is -1.69. The molecule has 0 aliphatic heterocycles. The molecule has 2 aromatic rings. The van der Waals surface area contributed by atoms with Crippen molar-refractivity contribution in [3.63, 3.8) is 0 Å². The summed E-state index contributed by atoms with van der Waals surface area (Å²) in [7, 11) is 0. The van der Waals surface area contributed by atoms with E-state index >= 15 is 0 Å². The molecule has 18 heavy (non-hydrogen) atoms. The van der Waals surface area contributed by atoms with Crippen LogP contribution < -0.4 is 4.74 Å². The van der Waals surface area contributed by atoms with E-state index in [0.717, 1.165) is 15.8 Å². The number of hydrogen-bond acceptors (Lipinski definition) is 3. The third-order valence-corrected chi connectivity index (χ3v) is 2.73. The van der Waals surface area contributed by atoms with Crippen LogP contribution in [-0.4, -0.2) is 16.1 Å². The Labute approximate surface area is 116 Å². The molecular formula is C12H7FINO3. The second kappa shape index (κ2) is 5.30. The maximum atomic E-state index is 12.9. The number of pyridine rings is 1. The van der Waals surface area contributed by atoms with Gasteiger partial charge in [-0.1, -0.05) is 6.07 Å². The van der Waals surface area contributed by atoms with E-state index in [1.165, 1.54) is 0 Å². The minimum Gasteiger partial charge on any atom is -0.477 e. The molecule has 0 amide bonds. The monoisotopic (exact) mass is 359 g/mol. The fraction of sp³-hybridized carbons (Fsp3) is 0. The van der Waals surface area contributed by atoms with Crippen molar-refractivity contribution in [1.29, 1.82) is 0 Å². The van der Waals surface area contributed by atoms with Gasteiger partial charge in [0.15, 0.2) is 0 Å². The quantitative estimate of drug-likeness (QED) is 0.855. The second-order valence-electron chi connectivity index (χ2n) is 3.37. The van der Waals surface area contributed by atoms with Crippen LogP contribution in [0.1, 0.15) is 10.4 Å². The van der Waals surface area contributed by atoms with Crippen LogP contribution in [0.2, 0.25) is 0 Å². The summed E-state index contributed by atoms with van der Waals surface area (Å²) >= 11 is 2.10. The van der Waals surface area contributed by atoms with Crippen LogP contribution in [-0.2, 0) is 0 Å². The Morgan fingerprint density at radius 3 is 2.83 bits per heavy atom. The number of rotatable bonds is 3. The molecule has 0 spiro atoms. The lowest BCUT2D eigenvalue weighted by molar-refractivity contribution is 0.0692. The van der Waals surface area contributed by atoms with Crippen LogP contribution in [0.15, 0.2) is 36.5 Å². The summed E-state index contributed by atoms with van der Waals surface area (Å²) in [6.45, 7) is 0. The number of aromatic carboxylic acids is 1. The number of carbonyl (C=O) groups is 1. The average Bonchev–Trinajstić information content (AvgIpc) is 2.31. The molecule has 0 fully saturated rings. The number of carboxylic acid groups (broad SMARTS) is 1. The zero-order valence-electron chi connectivity index (χ0n) is 8.93. The maximum Gasteiger partial charge on any atom is 0.341 e. The Morgan fingerprint density at radius 2 is 2.17 bits per heavy atom. The number of benzene rings is 1. The van der Waals surface area contributed by atoms with Gasteiger partial charge in [-0.2, -0.15) is 0 Å². The van der Waals surface area contributed by atoms with Crippen LogP contribution in [0.5, 0.6) is 11.6 Å². The van der Waals surface area contributed by atoms with Gasteiger partial charge in [-0.3, -0.25) is 0 Å². The van der Waals surface area contributed by atoms with Gasteiger partial charge in [-0.05, 0) is 46.9 Å². The van der Waals surface area contributed by atoms with Gasteiger partial charge in [0.25, 0.3) is 0 Å². The largest absolute Gasteiger partial charge is 0.477 e. The highest BCUT2D eigenvalue weighted by atomic mass is 127. The van der Waals surface area contributed by atoms with E-state index < -0.39 is 11.8 Å². The summed E-state index contributed by atoms with van der Waals surface area (Å²) in [5, 5.41) is 8.93. The zero-order chi connectivity index (χ0) is 13.1. The maximum absolute atomic E-state index is 12.9. The molecule has 1 aromatic heterocycles. The highest BCUT2D eigenvalue weighted by Gasteiger charge is 2.15. The first-order valence-electron chi connectivity index (χ1n) is 4.88. The molecule has 0 saturated carbocycles. The lowest BCUT2D eigenvalue weighted by atomic mass is 10.2. The Morgan fingerprint density at radius 1 is 1.39 bits per heavy atom. The van der Waals surface area contributed by atoms with Gasteiger partial charge < -0.3 is 9.84 Å². The molecule has 2 rings (SSSR count). The molecule has 0 radical (unpaired) electrons. The first-order valence-corrected chi connectivity index (χ1v) is 5.96. The van der Waals surface area contributed by atoms with Crippen molar-refractivity contribution in [1.82, 2.24) is 4.98 Å². The normalized spacial score (nSPS) is 10.1. The van der Waals surface area contributed by atoms with E-state index in [0.29, 0.717) is 5.75 Å². The smallest absolute Gasteiger partial charge is 0.341 e. The average molecular weight is 359 g/mol. The summed E-state index contributed by atoms with van der Waals surface area (Å²) in [6, 6.07) is 7.89. The van der Waals surface area contributed by atoms with Gasteiger partial charge in [0.1, 0.15) is 17.1 Å². The second-order valence-corrected chi connectivity index (χ2v) is 4.62. The summed E-state index contributed by atoms with van der Waals surface area (Å²) in [5.41, 5.74) is -0.311. The first-order chi connectivity index (χ1) is 8.56. The molecule has 0 aliphatic rings. The zero-order valence-corrected chi connectivity index (χ0v) is 11.1. The van der Waals surface area contributed by atoms with E-state index in [-0.39, 0.29) is 11.4 Å². The molecular weight excluding hydrogens is 352 g/mol. The van der Waals surface area contributed by atoms with E-state index in [1.54, 1.807) is 18.2 Å². The fourth-order valence-corrected chi connectivity index (χ4v) is 1.82. The van der Waals surface area contributed by atoms with Crippen LogP contribution >= 0.6 is 22.6 Å². The molecule has 1 heterocycles. The molecule has 1 N–H and O–H groups in total. The Kier molecular flexibility index (Phi) is 3.75. The summed E-state index contributed by atoms with van der Waals surface area (Å²) < 4.78 is 19.2. The third-order valence-electron chi connectivity index (χ3n) is 2.06. The van der Waals surface area contributed by atoms with Crippen molar-refractivity contribution in [2.45, 2.75) is 0 Å². The highest BCUT2D eigenvalue weighted by molar-refractivity contribution is 14.1. The first kappa shape index (κ1) is 12.7. The van der Waals surface area contributed by atoms with Gasteiger partial charge in [0, 0.05) is 3.57 Å². The molecule has 92 valence electrons. The molecule has 1 aromatic carbocycles. The number of halogens is 2. The fourth-order valence-electron chi connectivity index (χ4n) is 1.30. The summed E-state index contributed by atoms with van der Waals surface area (Å²) in [6.07, 6.45) is 0.912. The van der Waals surface area contributed by atoms with Crippen molar-refractivity contribution in [3.05, 3.63) is 51.5 Å². The van der Waals surface area contributed by atoms with E-state index in [2.05, 4.69) is 27.6 Å². The van der Waals surface area contributed by atoms with E-state index in [4.69, 9.17) is 9.84 Å². The number of aromatic nitrogens is 1. The van der Waals surface area contributed by atoms with Gasteiger partial charge in [0.2, 0.25) is 5.88 Å². The van der Waals surface area contributed by atoms with Crippen LogP contribution in [0, 0.1) is 9.39 Å². The predicted octanol–water partition coefficient (Wildman–Crippen LogP) is 3.32. The van der Waals surface area contributed by atoms with Crippen LogP contribution in [0.3, 0.4) is 0 Å². The number of ether oxygens (including phenoxy) is 1. The van der Waals surface area contributed by atoms with Crippen LogP contribution in [0.25, 0.3) is 0 Å². The van der Waals surface area contributed by atoms with Crippen LogP contribution in [0.4, 0.5) is 4.39 Å². The lowest BCUT2D eigenvalue weighted by Crippen LogP contribution is -2.03. The molecule has 0 bridgehead atoms. The van der Waals surface area contributed by atoms with E-state index in [1.807, 2.05) is 6.07 Å². The topological polar surface area (TPSA) is 59.4 Å². The minimum atomic E-state index is -1.29.